The number of likely N-dealkylation sites (tertiary alicyclic amines) is 1. The molecule has 10 nitrogen and oxygen atoms in total. The van der Waals surface area contributed by atoms with Crippen molar-refractivity contribution in [2.24, 2.45) is 0 Å². The number of nitrogens with one attached hydrogen (secondary N) is 1. The van der Waals surface area contributed by atoms with Crippen LogP contribution in [0.25, 0.3) is 0 Å². The van der Waals surface area contributed by atoms with E-state index in [0.717, 1.165) is 6.26 Å². The Bertz CT molecular complexity index is 967. The Morgan fingerprint density at radius 2 is 1.72 bits per heavy atom. The Kier molecular flexibility index (Phi) is 6.37. The second kappa shape index (κ2) is 8.32. The van der Waals surface area contributed by atoms with Gasteiger partial charge in [-0.3, -0.25) is 4.79 Å². The Morgan fingerprint density at radius 3 is 2.31 bits per heavy atom. The molecule has 0 radical (unpaired) electrons. The van der Waals surface area contributed by atoms with Gasteiger partial charge in [-0.25, -0.2) is 16.8 Å². The fraction of sp³-hybridized carbons (Fsp3) is 0.562. The van der Waals surface area contributed by atoms with Crippen molar-refractivity contribution in [2.45, 2.75) is 34.6 Å². The number of sulfone groups is 1. The van der Waals surface area contributed by atoms with E-state index in [-0.39, 0.29) is 35.3 Å². The number of carbonyl (C=O) groups is 1. The SMILES string of the molecule is CS(=O)(=O)c1ccc(S(=O)(=O)N2CCN[C@@H](C(=O)N3CCC[C@H]3B(O)O)C2)cc1. The smallest absolute Gasteiger partial charge is 0.426 e. The van der Waals surface area contributed by atoms with Crippen molar-refractivity contribution in [3.05, 3.63) is 24.3 Å². The number of rotatable bonds is 5. The summed E-state index contributed by atoms with van der Waals surface area (Å²) < 4.78 is 50.2. The van der Waals surface area contributed by atoms with Crippen LogP contribution in [0, 0.1) is 0 Å². The van der Waals surface area contributed by atoms with Gasteiger partial charge in [0.15, 0.2) is 9.84 Å². The van der Waals surface area contributed by atoms with Crippen molar-refractivity contribution < 1.29 is 31.7 Å². The van der Waals surface area contributed by atoms with Crippen molar-refractivity contribution >= 4 is 32.9 Å². The predicted molar refractivity (Wildman–Crippen MR) is 105 cm³/mol. The number of sulfonamides is 1. The molecule has 29 heavy (non-hydrogen) atoms. The van der Waals surface area contributed by atoms with Gasteiger partial charge < -0.3 is 20.3 Å². The van der Waals surface area contributed by atoms with Gasteiger partial charge in [0, 0.05) is 32.4 Å². The van der Waals surface area contributed by atoms with E-state index in [4.69, 9.17) is 0 Å². The summed E-state index contributed by atoms with van der Waals surface area (Å²) in [5.74, 6) is -1.06. The van der Waals surface area contributed by atoms with Gasteiger partial charge in [0.2, 0.25) is 15.9 Å². The minimum atomic E-state index is -3.92. The molecule has 3 rings (SSSR count). The number of nitrogens with zero attached hydrogens (tertiary/aromatic N) is 2. The molecular weight excluding hydrogens is 421 g/mol. The highest BCUT2D eigenvalue weighted by Crippen LogP contribution is 2.23. The lowest BCUT2D eigenvalue weighted by Crippen LogP contribution is -2.60. The highest BCUT2D eigenvalue weighted by molar-refractivity contribution is 7.90. The second-order valence-corrected chi connectivity index (χ2v) is 11.2. The van der Waals surface area contributed by atoms with Crippen molar-refractivity contribution in [2.75, 3.05) is 32.4 Å². The first-order chi connectivity index (χ1) is 13.5. The maximum absolute atomic E-state index is 13.0. The fourth-order valence-corrected chi connectivity index (χ4v) is 5.78. The summed E-state index contributed by atoms with van der Waals surface area (Å²) in [4.78, 5) is 14.2. The van der Waals surface area contributed by atoms with E-state index in [9.17, 15) is 31.7 Å². The van der Waals surface area contributed by atoms with E-state index in [2.05, 4.69) is 5.32 Å². The van der Waals surface area contributed by atoms with E-state index in [1.807, 2.05) is 0 Å². The lowest BCUT2D eigenvalue weighted by Gasteiger charge is -2.35. The molecule has 2 aliphatic heterocycles. The van der Waals surface area contributed by atoms with Gasteiger partial charge in [-0.15, -0.1) is 0 Å². The van der Waals surface area contributed by atoms with Crippen LogP contribution in [0.1, 0.15) is 12.8 Å². The van der Waals surface area contributed by atoms with Gasteiger partial charge in [-0.2, -0.15) is 4.31 Å². The largest absolute Gasteiger partial charge is 0.475 e. The zero-order valence-electron chi connectivity index (χ0n) is 15.9. The van der Waals surface area contributed by atoms with Crippen LogP contribution in [0.5, 0.6) is 0 Å². The summed E-state index contributed by atoms with van der Waals surface area (Å²) in [6, 6.07) is 4.16. The van der Waals surface area contributed by atoms with Crippen molar-refractivity contribution in [3.63, 3.8) is 0 Å². The molecule has 1 aromatic carbocycles. The lowest BCUT2D eigenvalue weighted by molar-refractivity contribution is -0.134. The summed E-state index contributed by atoms with van der Waals surface area (Å²) in [5.41, 5.74) is 0. The molecule has 0 aromatic heterocycles. The maximum atomic E-state index is 13.0. The molecule has 2 aliphatic rings. The number of benzene rings is 1. The zero-order chi connectivity index (χ0) is 21.4. The first kappa shape index (κ1) is 22.2. The van der Waals surface area contributed by atoms with E-state index in [0.29, 0.717) is 19.4 Å². The van der Waals surface area contributed by atoms with Gasteiger partial charge in [0.1, 0.15) is 6.04 Å². The van der Waals surface area contributed by atoms with Gasteiger partial charge in [0.25, 0.3) is 0 Å². The maximum Gasteiger partial charge on any atom is 0.475 e. The molecule has 1 amide bonds. The number of hydrogen-bond donors (Lipinski definition) is 3. The Morgan fingerprint density at radius 1 is 1.10 bits per heavy atom. The van der Waals surface area contributed by atoms with Gasteiger partial charge in [0.05, 0.1) is 15.7 Å². The highest BCUT2D eigenvalue weighted by Gasteiger charge is 2.41. The topological polar surface area (TPSA) is 144 Å². The third-order valence-corrected chi connectivity index (χ3v) is 8.26. The molecule has 3 N–H and O–H groups in total. The van der Waals surface area contributed by atoms with Gasteiger partial charge in [-0.05, 0) is 37.1 Å². The summed E-state index contributed by atoms with van der Waals surface area (Å²) in [7, 11) is -9.00. The first-order valence-electron chi connectivity index (χ1n) is 9.22. The third-order valence-electron chi connectivity index (χ3n) is 5.25. The van der Waals surface area contributed by atoms with Gasteiger partial charge >= 0.3 is 7.12 Å². The molecule has 2 saturated heterocycles. The third kappa shape index (κ3) is 4.65. The normalized spacial score (nSPS) is 23.9. The molecule has 2 atom stereocenters. The second-order valence-electron chi connectivity index (χ2n) is 7.27. The Labute approximate surface area is 170 Å². The average Bonchev–Trinajstić information content (AvgIpc) is 3.17. The molecule has 2 heterocycles. The molecule has 0 bridgehead atoms. The standard InChI is InChI=1S/C16H24BN3O7S2/c1-28(24,25)12-4-6-13(7-5-12)29(26,27)19-10-8-18-14(11-19)16(21)20-9-2-3-15(20)17(22)23/h4-7,14-15,18,22-23H,2-3,8-11H2,1H3/t14-,15+/m1/s1. The molecule has 0 unspecified atom stereocenters. The summed E-state index contributed by atoms with van der Waals surface area (Å²) in [6.45, 7) is 0.710. The fourth-order valence-electron chi connectivity index (χ4n) is 3.69. The Hall–Kier alpha value is -1.51. The van der Waals surface area contributed by atoms with Crippen molar-refractivity contribution in [1.82, 2.24) is 14.5 Å². The summed E-state index contributed by atoms with van der Waals surface area (Å²) >= 11 is 0. The molecular formula is C16H24BN3O7S2. The Balaban J connectivity index is 1.76. The van der Waals surface area contributed by atoms with E-state index in [1.54, 1.807) is 0 Å². The molecule has 0 spiro atoms. The molecule has 2 fully saturated rings. The van der Waals surface area contributed by atoms with E-state index < -0.39 is 39.0 Å². The molecule has 13 heteroatoms. The van der Waals surface area contributed by atoms with Crippen LogP contribution in [-0.2, 0) is 24.7 Å². The van der Waals surface area contributed by atoms with Crippen LogP contribution in [0.3, 0.4) is 0 Å². The van der Waals surface area contributed by atoms with Crippen LogP contribution in [0.4, 0.5) is 0 Å². The minimum absolute atomic E-state index is 0.0208. The van der Waals surface area contributed by atoms with Crippen LogP contribution >= 0.6 is 0 Å². The quantitative estimate of drug-likeness (QED) is 0.444. The molecule has 0 saturated carbocycles. The molecule has 160 valence electrons. The molecule has 1 aromatic rings. The number of piperazine rings is 1. The zero-order valence-corrected chi connectivity index (χ0v) is 17.6. The average molecular weight is 445 g/mol. The number of hydrogen-bond acceptors (Lipinski definition) is 8. The van der Waals surface area contributed by atoms with Crippen LogP contribution < -0.4 is 5.32 Å². The number of amides is 1. The van der Waals surface area contributed by atoms with Crippen LogP contribution in [0.2, 0.25) is 0 Å². The van der Waals surface area contributed by atoms with Gasteiger partial charge in [-0.1, -0.05) is 0 Å². The first-order valence-corrected chi connectivity index (χ1v) is 12.6. The van der Waals surface area contributed by atoms with E-state index in [1.165, 1.54) is 33.5 Å². The highest BCUT2D eigenvalue weighted by atomic mass is 32.2. The summed E-state index contributed by atoms with van der Waals surface area (Å²) in [6.07, 6.45) is 2.16. The van der Waals surface area contributed by atoms with Crippen LogP contribution in [0.15, 0.2) is 34.1 Å². The monoisotopic (exact) mass is 445 g/mol. The lowest BCUT2D eigenvalue weighted by atomic mass is 9.77. The van der Waals surface area contributed by atoms with Crippen LogP contribution in [-0.4, -0.2) is 93.5 Å². The summed E-state index contributed by atoms with van der Waals surface area (Å²) in [5, 5.41) is 21.9. The van der Waals surface area contributed by atoms with Crippen molar-refractivity contribution in [1.29, 1.82) is 0 Å². The number of carbonyl (C=O) groups excluding carboxylic acids is 1. The van der Waals surface area contributed by atoms with E-state index >= 15 is 0 Å². The molecule has 0 aliphatic carbocycles. The predicted octanol–water partition coefficient (Wildman–Crippen LogP) is -1.94. The van der Waals surface area contributed by atoms with Crippen molar-refractivity contribution in [3.8, 4) is 0 Å². The minimum Gasteiger partial charge on any atom is -0.426 e.